The zero-order chi connectivity index (χ0) is 16.7. The fourth-order valence-corrected chi connectivity index (χ4v) is 3.64. The Morgan fingerprint density at radius 2 is 1.88 bits per heavy atom. The third-order valence-electron chi connectivity index (χ3n) is 5.24. The number of piperidine rings is 1. The first-order valence-corrected chi connectivity index (χ1v) is 8.88. The molecule has 4 rings (SSSR count). The van der Waals surface area contributed by atoms with Gasteiger partial charge in [0.25, 0.3) is 0 Å². The van der Waals surface area contributed by atoms with Gasteiger partial charge in [-0.15, -0.1) is 0 Å². The molecule has 0 bridgehead atoms. The fourth-order valence-electron chi connectivity index (χ4n) is 3.64. The minimum Gasteiger partial charge on any atom is -0.353 e. The number of fused-ring (bicyclic) bond motifs is 1. The van der Waals surface area contributed by atoms with Crippen molar-refractivity contribution >= 4 is 22.8 Å². The number of hydrogen-bond donors (Lipinski definition) is 0. The maximum atomic E-state index is 12.4. The first-order valence-electron chi connectivity index (χ1n) is 8.88. The molecule has 5 nitrogen and oxygen atoms in total. The van der Waals surface area contributed by atoms with Crippen LogP contribution >= 0.6 is 0 Å². The van der Waals surface area contributed by atoms with E-state index in [1.807, 2.05) is 43.1 Å². The Balaban J connectivity index is 1.57. The van der Waals surface area contributed by atoms with Crippen molar-refractivity contribution in [1.29, 1.82) is 0 Å². The summed E-state index contributed by atoms with van der Waals surface area (Å²) in [4.78, 5) is 26.2. The van der Waals surface area contributed by atoms with Gasteiger partial charge in [0.1, 0.15) is 0 Å². The second kappa shape index (κ2) is 6.04. The largest absolute Gasteiger partial charge is 0.353 e. The van der Waals surface area contributed by atoms with E-state index in [1.54, 1.807) is 0 Å². The summed E-state index contributed by atoms with van der Waals surface area (Å²) in [5, 5.41) is 0. The number of likely N-dealkylation sites (N-methyl/N-ethyl adjacent to an activating group) is 1. The van der Waals surface area contributed by atoms with E-state index in [4.69, 9.17) is 9.97 Å². The number of benzene rings is 1. The number of aromatic nitrogens is 2. The lowest BCUT2D eigenvalue weighted by Crippen LogP contribution is -2.49. The van der Waals surface area contributed by atoms with Crippen molar-refractivity contribution in [3.63, 3.8) is 0 Å². The summed E-state index contributed by atoms with van der Waals surface area (Å²) in [6.07, 6.45) is 4.29. The van der Waals surface area contributed by atoms with Crippen LogP contribution in [0.3, 0.4) is 0 Å². The second-order valence-electron chi connectivity index (χ2n) is 7.09. The summed E-state index contributed by atoms with van der Waals surface area (Å²) in [7, 11) is 1.97. The summed E-state index contributed by atoms with van der Waals surface area (Å²) >= 11 is 0. The number of amides is 1. The molecule has 126 valence electrons. The van der Waals surface area contributed by atoms with Gasteiger partial charge in [0.2, 0.25) is 5.91 Å². The van der Waals surface area contributed by atoms with E-state index in [-0.39, 0.29) is 12.0 Å². The fraction of sp³-hybridized carbons (Fsp3) is 0.526. The van der Waals surface area contributed by atoms with Crippen molar-refractivity contribution in [2.75, 3.05) is 25.0 Å². The molecule has 2 heterocycles. The van der Waals surface area contributed by atoms with Gasteiger partial charge in [0.05, 0.1) is 16.7 Å². The van der Waals surface area contributed by atoms with Gasteiger partial charge in [0.15, 0.2) is 5.82 Å². The number of anilines is 1. The van der Waals surface area contributed by atoms with E-state index in [0.29, 0.717) is 5.91 Å². The first-order chi connectivity index (χ1) is 11.6. The Morgan fingerprint density at radius 3 is 2.58 bits per heavy atom. The van der Waals surface area contributed by atoms with E-state index in [9.17, 15) is 4.79 Å². The molecule has 0 N–H and O–H groups in total. The Hall–Kier alpha value is -2.17. The molecule has 1 amide bonds. The molecule has 2 fully saturated rings. The quantitative estimate of drug-likeness (QED) is 0.871. The Kier molecular flexibility index (Phi) is 3.87. The predicted molar refractivity (Wildman–Crippen MR) is 95.0 cm³/mol. The van der Waals surface area contributed by atoms with Crippen molar-refractivity contribution in [2.45, 2.75) is 38.6 Å². The van der Waals surface area contributed by atoms with Crippen LogP contribution in [0.5, 0.6) is 0 Å². The van der Waals surface area contributed by atoms with Crippen LogP contribution in [0.15, 0.2) is 24.3 Å². The Bertz CT molecular complexity index is 771. The molecule has 1 saturated heterocycles. The normalized spacial score (nSPS) is 21.1. The van der Waals surface area contributed by atoms with Crippen LogP contribution in [0.4, 0.5) is 5.82 Å². The number of carbonyl (C=O) groups is 1. The van der Waals surface area contributed by atoms with Crippen LogP contribution in [0.2, 0.25) is 0 Å². The van der Waals surface area contributed by atoms with Crippen molar-refractivity contribution in [3.8, 4) is 0 Å². The third-order valence-corrected chi connectivity index (χ3v) is 5.24. The molecular formula is C19H24N4O. The SMILES string of the molecule is Cc1nc2ccccc2nc1N1CCCC(N(C)C(=O)C2CC2)C1. The van der Waals surface area contributed by atoms with Gasteiger partial charge < -0.3 is 9.80 Å². The van der Waals surface area contributed by atoms with Crippen molar-refractivity contribution in [3.05, 3.63) is 30.0 Å². The molecule has 2 aliphatic rings. The lowest BCUT2D eigenvalue weighted by molar-refractivity contribution is -0.133. The van der Waals surface area contributed by atoms with Gasteiger partial charge in [-0.1, -0.05) is 12.1 Å². The first kappa shape index (κ1) is 15.4. The van der Waals surface area contributed by atoms with E-state index >= 15 is 0 Å². The van der Waals surface area contributed by atoms with E-state index < -0.39 is 0 Å². The van der Waals surface area contributed by atoms with Crippen LogP contribution < -0.4 is 4.90 Å². The third kappa shape index (κ3) is 2.83. The molecule has 1 aromatic heterocycles. The summed E-state index contributed by atoms with van der Waals surface area (Å²) < 4.78 is 0. The lowest BCUT2D eigenvalue weighted by Gasteiger charge is -2.38. The molecule has 1 aliphatic carbocycles. The van der Waals surface area contributed by atoms with Crippen molar-refractivity contribution in [2.24, 2.45) is 5.92 Å². The van der Waals surface area contributed by atoms with Gasteiger partial charge in [-0.05, 0) is 44.7 Å². The van der Waals surface area contributed by atoms with E-state index in [2.05, 4.69) is 4.90 Å². The van der Waals surface area contributed by atoms with Crippen LogP contribution in [-0.2, 0) is 4.79 Å². The standard InChI is InChI=1S/C19H24N4O/c1-13-18(21-17-8-4-3-7-16(17)20-13)23-11-5-6-15(12-23)22(2)19(24)14-9-10-14/h3-4,7-8,14-15H,5-6,9-12H2,1-2H3. The Morgan fingerprint density at radius 1 is 1.17 bits per heavy atom. The monoisotopic (exact) mass is 324 g/mol. The van der Waals surface area contributed by atoms with Gasteiger partial charge in [0, 0.05) is 32.1 Å². The van der Waals surface area contributed by atoms with Crippen LogP contribution in [0.25, 0.3) is 11.0 Å². The summed E-state index contributed by atoms with van der Waals surface area (Å²) in [5.74, 6) is 1.57. The molecule has 2 aromatic rings. The number of carbonyl (C=O) groups excluding carboxylic acids is 1. The minimum atomic E-state index is 0.277. The zero-order valence-electron chi connectivity index (χ0n) is 14.4. The number of hydrogen-bond acceptors (Lipinski definition) is 4. The average molecular weight is 324 g/mol. The van der Waals surface area contributed by atoms with Crippen LogP contribution in [0.1, 0.15) is 31.4 Å². The molecule has 1 atom stereocenters. The molecular weight excluding hydrogens is 300 g/mol. The number of aryl methyl sites for hydroxylation is 1. The number of nitrogens with zero attached hydrogens (tertiary/aromatic N) is 4. The highest BCUT2D eigenvalue weighted by atomic mass is 16.2. The smallest absolute Gasteiger partial charge is 0.225 e. The molecule has 1 saturated carbocycles. The summed E-state index contributed by atoms with van der Waals surface area (Å²) in [6.45, 7) is 3.86. The molecule has 1 unspecified atom stereocenters. The van der Waals surface area contributed by atoms with Gasteiger partial charge in [-0.25, -0.2) is 9.97 Å². The maximum absolute atomic E-state index is 12.4. The highest BCUT2D eigenvalue weighted by Gasteiger charge is 2.36. The van der Waals surface area contributed by atoms with Gasteiger partial charge in [-0.3, -0.25) is 4.79 Å². The van der Waals surface area contributed by atoms with Crippen LogP contribution in [-0.4, -0.2) is 47.0 Å². The lowest BCUT2D eigenvalue weighted by atomic mass is 10.0. The predicted octanol–water partition coefficient (Wildman–Crippen LogP) is 2.78. The number of para-hydroxylation sites is 2. The zero-order valence-corrected chi connectivity index (χ0v) is 14.4. The molecule has 1 aromatic carbocycles. The van der Waals surface area contributed by atoms with Crippen molar-refractivity contribution < 1.29 is 4.79 Å². The Labute approximate surface area is 142 Å². The van der Waals surface area contributed by atoms with E-state index in [0.717, 1.165) is 61.3 Å². The van der Waals surface area contributed by atoms with Crippen LogP contribution in [0, 0.1) is 12.8 Å². The van der Waals surface area contributed by atoms with Gasteiger partial charge >= 0.3 is 0 Å². The summed E-state index contributed by atoms with van der Waals surface area (Å²) in [6, 6.07) is 8.28. The highest BCUT2D eigenvalue weighted by Crippen LogP contribution is 2.32. The maximum Gasteiger partial charge on any atom is 0.225 e. The molecule has 0 spiro atoms. The highest BCUT2D eigenvalue weighted by molar-refractivity contribution is 5.81. The topological polar surface area (TPSA) is 49.3 Å². The van der Waals surface area contributed by atoms with Gasteiger partial charge in [-0.2, -0.15) is 0 Å². The number of rotatable bonds is 3. The molecule has 5 heteroatoms. The summed E-state index contributed by atoms with van der Waals surface area (Å²) in [5.41, 5.74) is 2.83. The average Bonchev–Trinajstić information content (AvgIpc) is 3.45. The van der Waals surface area contributed by atoms with Crippen molar-refractivity contribution in [1.82, 2.24) is 14.9 Å². The molecule has 24 heavy (non-hydrogen) atoms. The van der Waals surface area contributed by atoms with E-state index in [1.165, 1.54) is 0 Å². The molecule has 0 radical (unpaired) electrons. The molecule has 1 aliphatic heterocycles. The minimum absolute atomic E-state index is 0.277. The second-order valence-corrected chi connectivity index (χ2v) is 7.09.